The molecule has 2 heterocycles. The number of aromatic amines is 1. The van der Waals surface area contributed by atoms with Crippen molar-refractivity contribution in [3.8, 4) is 11.5 Å². The third-order valence-corrected chi connectivity index (χ3v) is 7.81. The van der Waals surface area contributed by atoms with E-state index in [1.54, 1.807) is 44.0 Å². The summed E-state index contributed by atoms with van der Waals surface area (Å²) < 4.78 is 18.0. The predicted molar refractivity (Wildman–Crippen MR) is 161 cm³/mol. The van der Waals surface area contributed by atoms with Gasteiger partial charge in [-0.05, 0) is 73.2 Å². The summed E-state index contributed by atoms with van der Waals surface area (Å²) in [6, 6.07) is 16.8. The molecule has 1 saturated carbocycles. The van der Waals surface area contributed by atoms with Crippen molar-refractivity contribution in [1.29, 1.82) is 0 Å². The Bertz CT molecular complexity index is 1440. The molecule has 2 aromatic carbocycles. The first-order valence-corrected chi connectivity index (χ1v) is 14.4. The van der Waals surface area contributed by atoms with Crippen LogP contribution < -0.4 is 19.8 Å². The van der Waals surface area contributed by atoms with Crippen molar-refractivity contribution in [1.82, 2.24) is 4.98 Å². The Balaban J connectivity index is 0.00000405. The van der Waals surface area contributed by atoms with Crippen LogP contribution in [-0.4, -0.2) is 29.6 Å². The number of nitrogens with zero attached hydrogens (tertiary/aromatic N) is 1. The van der Waals surface area contributed by atoms with Crippen LogP contribution in [0.25, 0.3) is 0 Å². The number of benzene rings is 2. The molecule has 0 bridgehead atoms. The number of rotatable bonds is 11. The SMILES string of the molecule is COc1ccc(C(Cc2c(Cl)c[nH+]cc2Cl)OC(=O)c2ccc(CNc3cccnc3)cc2)cc1OC1CCCC1.[OH-]. The lowest BCUT2D eigenvalue weighted by atomic mass is 10.0. The zero-order valence-corrected chi connectivity index (χ0v) is 24.7. The number of hydrogen-bond acceptors (Lipinski definition) is 7. The molecule has 10 heteroatoms. The molecule has 42 heavy (non-hydrogen) atoms. The molecular weight excluding hydrogens is 577 g/mol. The summed E-state index contributed by atoms with van der Waals surface area (Å²) in [5.41, 5.74) is 3.81. The fraction of sp³-hybridized carbons (Fsp3) is 0.281. The van der Waals surface area contributed by atoms with Crippen molar-refractivity contribution in [2.24, 2.45) is 0 Å². The lowest BCUT2D eigenvalue weighted by Gasteiger charge is -2.22. The van der Waals surface area contributed by atoms with E-state index in [9.17, 15) is 4.79 Å². The molecule has 1 atom stereocenters. The van der Waals surface area contributed by atoms with Crippen LogP contribution in [0.4, 0.5) is 5.69 Å². The standard InChI is InChI=1S/C32H31Cl2N3O4.H2O/c1-39-29-13-12-23(15-31(29)40-25-6-2-3-7-25)30(16-26-27(33)19-36-20-28(26)34)41-32(38)22-10-8-21(9-11-22)17-37-24-5-4-14-35-18-24;/h4-5,8-15,18-20,25,30,37H,2-3,6-7,16-17H2,1H3;1H2. The number of esters is 1. The van der Waals surface area contributed by atoms with E-state index < -0.39 is 12.1 Å². The molecule has 3 N–H and O–H groups in total. The number of pyridine rings is 2. The fourth-order valence-electron chi connectivity index (χ4n) is 4.88. The number of ether oxygens (including phenoxy) is 3. The smallest absolute Gasteiger partial charge is 0.338 e. The maximum atomic E-state index is 13.4. The van der Waals surface area contributed by atoms with Crippen molar-refractivity contribution in [2.75, 3.05) is 12.4 Å². The van der Waals surface area contributed by atoms with Crippen LogP contribution >= 0.6 is 23.2 Å². The Labute approximate surface area is 255 Å². The molecule has 1 unspecified atom stereocenters. The normalized spacial score (nSPS) is 13.6. The third-order valence-electron chi connectivity index (χ3n) is 7.14. The average Bonchev–Trinajstić information content (AvgIpc) is 3.51. The predicted octanol–water partition coefficient (Wildman–Crippen LogP) is 7.11. The molecule has 1 aliphatic carbocycles. The summed E-state index contributed by atoms with van der Waals surface area (Å²) >= 11 is 13.0. The molecule has 4 aromatic rings. The largest absolute Gasteiger partial charge is 0.870 e. The van der Waals surface area contributed by atoms with Gasteiger partial charge >= 0.3 is 5.97 Å². The number of hydrogen-bond donors (Lipinski definition) is 1. The van der Waals surface area contributed by atoms with Gasteiger partial charge < -0.3 is 25.0 Å². The first-order chi connectivity index (χ1) is 20.0. The van der Waals surface area contributed by atoms with E-state index in [0.29, 0.717) is 39.2 Å². The molecule has 2 aromatic heterocycles. The average molecular weight is 611 g/mol. The summed E-state index contributed by atoms with van der Waals surface area (Å²) in [4.78, 5) is 20.4. The number of carbonyl (C=O) groups excluding carboxylic acids is 1. The quantitative estimate of drug-likeness (QED) is 0.180. The number of anilines is 1. The van der Waals surface area contributed by atoms with Gasteiger partial charge in [-0.2, -0.15) is 0 Å². The molecule has 0 radical (unpaired) electrons. The summed E-state index contributed by atoms with van der Waals surface area (Å²) in [5.74, 6) is 0.805. The van der Waals surface area contributed by atoms with E-state index in [2.05, 4.69) is 15.3 Å². The molecule has 0 aliphatic heterocycles. The van der Waals surface area contributed by atoms with Crippen LogP contribution in [0.1, 0.15) is 58.8 Å². The van der Waals surface area contributed by atoms with Gasteiger partial charge in [0.25, 0.3) is 0 Å². The molecule has 220 valence electrons. The number of carbonyl (C=O) groups is 1. The maximum absolute atomic E-state index is 13.4. The second-order valence-corrected chi connectivity index (χ2v) is 10.8. The van der Waals surface area contributed by atoms with E-state index in [1.807, 2.05) is 42.5 Å². The van der Waals surface area contributed by atoms with Crippen LogP contribution in [0.2, 0.25) is 10.0 Å². The molecule has 8 nitrogen and oxygen atoms in total. The maximum Gasteiger partial charge on any atom is 0.338 e. The van der Waals surface area contributed by atoms with Crippen molar-refractivity contribution in [3.63, 3.8) is 0 Å². The topological polar surface area (TPSA) is 114 Å². The second-order valence-electron chi connectivity index (χ2n) is 9.95. The zero-order chi connectivity index (χ0) is 28.6. The van der Waals surface area contributed by atoms with Crippen LogP contribution in [0.3, 0.4) is 0 Å². The van der Waals surface area contributed by atoms with Gasteiger partial charge in [-0.1, -0.05) is 41.4 Å². The highest BCUT2D eigenvalue weighted by molar-refractivity contribution is 6.35. The number of halogens is 2. The first-order valence-electron chi connectivity index (χ1n) is 13.6. The Morgan fingerprint density at radius 3 is 2.45 bits per heavy atom. The van der Waals surface area contributed by atoms with Crippen molar-refractivity contribution < 1.29 is 29.5 Å². The van der Waals surface area contributed by atoms with Crippen LogP contribution in [0.5, 0.6) is 11.5 Å². The Hall–Kier alpha value is -3.85. The molecule has 1 aliphatic rings. The van der Waals surface area contributed by atoms with Crippen molar-refractivity contribution >= 4 is 34.9 Å². The Kier molecular flexibility index (Phi) is 11.0. The van der Waals surface area contributed by atoms with Gasteiger partial charge in [-0.15, -0.1) is 0 Å². The number of methoxy groups -OCH3 is 1. The van der Waals surface area contributed by atoms with Gasteiger partial charge in [-0.3, -0.25) is 4.98 Å². The summed E-state index contributed by atoms with van der Waals surface area (Å²) in [6.45, 7) is 0.599. The minimum Gasteiger partial charge on any atom is -0.870 e. The van der Waals surface area contributed by atoms with Crippen molar-refractivity contribution in [3.05, 3.63) is 112 Å². The molecular formula is C32H33Cl2N3O5. The highest BCUT2D eigenvalue weighted by Crippen LogP contribution is 2.37. The molecule has 5 rings (SSSR count). The van der Waals surface area contributed by atoms with E-state index in [0.717, 1.165) is 42.5 Å². The number of nitrogens with one attached hydrogen (secondary N) is 2. The highest BCUT2D eigenvalue weighted by atomic mass is 35.5. The van der Waals surface area contributed by atoms with Crippen molar-refractivity contribution in [2.45, 2.75) is 50.9 Å². The number of aromatic nitrogens is 2. The molecule has 0 saturated heterocycles. The lowest BCUT2D eigenvalue weighted by Crippen LogP contribution is -2.16. The first kappa shape index (κ1) is 31.1. The Morgan fingerprint density at radius 1 is 1.05 bits per heavy atom. The zero-order valence-electron chi connectivity index (χ0n) is 23.2. The van der Waals surface area contributed by atoms with E-state index in [4.69, 9.17) is 37.4 Å². The van der Waals surface area contributed by atoms with Gasteiger partial charge in [0.15, 0.2) is 23.9 Å². The lowest BCUT2D eigenvalue weighted by molar-refractivity contribution is -0.377. The Morgan fingerprint density at radius 2 is 1.79 bits per heavy atom. The third kappa shape index (κ3) is 7.91. The van der Waals surface area contributed by atoms with Crippen LogP contribution in [-0.2, 0) is 17.7 Å². The van der Waals surface area contributed by atoms with Gasteiger partial charge in [0, 0.05) is 30.9 Å². The van der Waals surface area contributed by atoms with Gasteiger partial charge in [-0.25, -0.2) is 9.78 Å². The fourth-order valence-corrected chi connectivity index (χ4v) is 5.42. The summed E-state index contributed by atoms with van der Waals surface area (Å²) in [5, 5.41) is 4.23. The summed E-state index contributed by atoms with van der Waals surface area (Å²) in [7, 11) is 1.62. The van der Waals surface area contributed by atoms with Crippen LogP contribution in [0, 0.1) is 0 Å². The number of H-pyrrole nitrogens is 1. The van der Waals surface area contributed by atoms with Crippen LogP contribution in [0.15, 0.2) is 79.4 Å². The minimum atomic E-state index is -0.677. The molecule has 1 fully saturated rings. The summed E-state index contributed by atoms with van der Waals surface area (Å²) in [6.07, 6.45) is 10.8. The van der Waals surface area contributed by atoms with Gasteiger partial charge in [0.1, 0.15) is 16.1 Å². The monoisotopic (exact) mass is 609 g/mol. The van der Waals surface area contributed by atoms with E-state index in [-0.39, 0.29) is 18.0 Å². The van der Waals surface area contributed by atoms with Gasteiger partial charge in [0.2, 0.25) is 0 Å². The molecule has 0 amide bonds. The van der Waals surface area contributed by atoms with E-state index in [1.165, 1.54) is 0 Å². The highest BCUT2D eigenvalue weighted by Gasteiger charge is 2.25. The minimum absolute atomic E-state index is 0. The second kappa shape index (κ2) is 14.9. The van der Waals surface area contributed by atoms with E-state index >= 15 is 0 Å². The molecule has 0 spiro atoms. The van der Waals surface area contributed by atoms with Gasteiger partial charge in [0.05, 0.1) is 24.5 Å².